The lowest BCUT2D eigenvalue weighted by Gasteiger charge is -2.25. The Morgan fingerprint density at radius 2 is 1.53 bits per heavy atom. The number of benzene rings is 4. The molecule has 2 unspecified atom stereocenters. The maximum absolute atomic E-state index is 13.6. The molecule has 1 heterocycles. The normalized spacial score (nSPS) is 13.1. The first-order valence-corrected chi connectivity index (χ1v) is 17.8. The molecule has 0 aliphatic rings. The number of nitrogens with one attached hydrogen (secondary N) is 1. The van der Waals surface area contributed by atoms with E-state index in [9.17, 15) is 14.4 Å². The number of aryl methyl sites for hydroxylation is 1. The predicted octanol–water partition coefficient (Wildman–Crippen LogP) is 8.59. The van der Waals surface area contributed by atoms with Crippen LogP contribution in [0, 0.1) is 12.8 Å². The van der Waals surface area contributed by atoms with E-state index in [4.69, 9.17) is 19.2 Å². The smallest absolute Gasteiger partial charge is 0.431 e. The van der Waals surface area contributed by atoms with Crippen LogP contribution in [-0.4, -0.2) is 51.8 Å². The third-order valence-electron chi connectivity index (χ3n) is 8.52. The summed E-state index contributed by atoms with van der Waals surface area (Å²) in [6.07, 6.45) is 0.131. The minimum atomic E-state index is -1.13. The summed E-state index contributed by atoms with van der Waals surface area (Å²) in [4.78, 5) is 43.4. The van der Waals surface area contributed by atoms with Gasteiger partial charge in [0.1, 0.15) is 0 Å². The van der Waals surface area contributed by atoms with Crippen molar-refractivity contribution in [2.45, 2.75) is 72.4 Å². The highest BCUT2D eigenvalue weighted by Gasteiger charge is 2.24. The number of carbonyl (C=O) groups is 3. The van der Waals surface area contributed by atoms with Crippen LogP contribution in [-0.2, 0) is 20.6 Å². The highest BCUT2D eigenvalue weighted by atomic mass is 32.1. The van der Waals surface area contributed by atoms with Crippen LogP contribution in [0.1, 0.15) is 78.1 Å². The Bertz CT molecular complexity index is 1970. The zero-order valence-corrected chi connectivity index (χ0v) is 30.7. The summed E-state index contributed by atoms with van der Waals surface area (Å²) >= 11 is 4.51. The summed E-state index contributed by atoms with van der Waals surface area (Å²) in [6.45, 7) is 11.1. The SMILES string of the molecule is Cc1cc(C(=O)N[C@@H](CS)Cc2ccccc2)cc2c1ncn2C(c1ccc(-c2ccccc2C(=O)OC(C)OC(=O)OC(C)C)cc1)C(C)C. The molecule has 0 bridgehead atoms. The van der Waals surface area contributed by atoms with Crippen molar-refractivity contribution in [3.8, 4) is 11.1 Å². The molecule has 0 radical (unpaired) electrons. The molecule has 0 aliphatic heterocycles. The average Bonchev–Trinajstić information content (AvgIpc) is 3.52. The van der Waals surface area contributed by atoms with Crippen LogP contribution < -0.4 is 5.32 Å². The van der Waals surface area contributed by atoms with Crippen molar-refractivity contribution in [1.82, 2.24) is 14.9 Å². The average molecular weight is 708 g/mol. The minimum Gasteiger partial charge on any atom is -0.431 e. The van der Waals surface area contributed by atoms with Gasteiger partial charge < -0.3 is 24.1 Å². The molecule has 1 aromatic heterocycles. The number of thiol groups is 1. The van der Waals surface area contributed by atoms with Crippen LogP contribution in [0.4, 0.5) is 4.79 Å². The molecule has 266 valence electrons. The molecule has 0 fully saturated rings. The standard InChI is InChI=1S/C41H45N3O6S/c1-25(2)38(31-18-16-30(17-19-31)34-14-10-11-15-35(34)40(46)49-28(6)50-41(47)48-26(3)4)44-24-42-37-27(5)20-32(22-36(37)44)39(45)43-33(23-51)21-29-12-8-7-9-13-29/h7-20,22,24-26,28,33,38,51H,21,23H2,1-6H3,(H,43,45)/t28?,33-,38?/m1/s1. The highest BCUT2D eigenvalue weighted by Crippen LogP contribution is 2.33. The van der Waals surface area contributed by atoms with Gasteiger partial charge in [-0.3, -0.25) is 4.79 Å². The summed E-state index contributed by atoms with van der Waals surface area (Å²) < 4.78 is 17.6. The van der Waals surface area contributed by atoms with Crippen molar-refractivity contribution >= 4 is 41.7 Å². The van der Waals surface area contributed by atoms with Gasteiger partial charge >= 0.3 is 12.1 Å². The van der Waals surface area contributed by atoms with E-state index in [1.807, 2.05) is 80.0 Å². The maximum Gasteiger partial charge on any atom is 0.511 e. The van der Waals surface area contributed by atoms with Crippen molar-refractivity contribution in [1.29, 1.82) is 0 Å². The molecule has 0 saturated heterocycles. The van der Waals surface area contributed by atoms with Gasteiger partial charge in [-0.2, -0.15) is 12.6 Å². The third-order valence-corrected chi connectivity index (χ3v) is 8.96. The summed E-state index contributed by atoms with van der Waals surface area (Å²) in [5.74, 6) is -0.0851. The van der Waals surface area contributed by atoms with Gasteiger partial charge in [-0.25, -0.2) is 14.6 Å². The van der Waals surface area contributed by atoms with Gasteiger partial charge in [0.15, 0.2) is 0 Å². The Kier molecular flexibility index (Phi) is 12.2. The lowest BCUT2D eigenvalue weighted by atomic mass is 9.92. The number of amides is 1. The van der Waals surface area contributed by atoms with Crippen LogP contribution in [0.5, 0.6) is 0 Å². The molecule has 0 saturated carbocycles. The molecule has 10 heteroatoms. The molecular weight excluding hydrogens is 663 g/mol. The molecule has 51 heavy (non-hydrogen) atoms. The van der Waals surface area contributed by atoms with Crippen LogP contribution in [0.2, 0.25) is 0 Å². The lowest BCUT2D eigenvalue weighted by Crippen LogP contribution is -2.37. The molecule has 9 nitrogen and oxygen atoms in total. The van der Waals surface area contributed by atoms with E-state index in [0.29, 0.717) is 28.9 Å². The number of aromatic nitrogens is 2. The molecule has 4 aromatic carbocycles. The van der Waals surface area contributed by atoms with Gasteiger partial charge in [0.05, 0.1) is 35.1 Å². The van der Waals surface area contributed by atoms with Crippen molar-refractivity contribution < 1.29 is 28.6 Å². The number of rotatable bonds is 13. The first-order chi connectivity index (χ1) is 24.4. The van der Waals surface area contributed by atoms with Crippen molar-refractivity contribution in [3.63, 3.8) is 0 Å². The number of carbonyl (C=O) groups excluding carboxylic acids is 3. The Labute approximate surface area is 304 Å². The van der Waals surface area contributed by atoms with E-state index in [2.05, 4.69) is 48.5 Å². The molecule has 3 atom stereocenters. The summed E-state index contributed by atoms with van der Waals surface area (Å²) in [6, 6.07) is 28.8. The van der Waals surface area contributed by atoms with E-state index in [1.165, 1.54) is 6.92 Å². The van der Waals surface area contributed by atoms with Crippen molar-refractivity contribution in [2.75, 3.05) is 5.75 Å². The first kappa shape index (κ1) is 37.2. The molecule has 0 spiro atoms. The van der Waals surface area contributed by atoms with E-state index in [1.54, 1.807) is 26.0 Å². The summed E-state index contributed by atoms with van der Waals surface area (Å²) in [5, 5.41) is 3.17. The Balaban J connectivity index is 1.38. The molecule has 1 amide bonds. The number of ether oxygens (including phenoxy) is 3. The van der Waals surface area contributed by atoms with Crippen LogP contribution in [0.15, 0.2) is 97.3 Å². The van der Waals surface area contributed by atoms with Gasteiger partial charge in [-0.1, -0.05) is 86.6 Å². The number of hydrogen-bond acceptors (Lipinski definition) is 8. The second kappa shape index (κ2) is 16.7. The van der Waals surface area contributed by atoms with E-state index < -0.39 is 18.4 Å². The second-order valence-electron chi connectivity index (χ2n) is 13.2. The fraction of sp³-hybridized carbons (Fsp3) is 0.317. The van der Waals surface area contributed by atoms with E-state index in [0.717, 1.165) is 33.3 Å². The van der Waals surface area contributed by atoms with Crippen LogP contribution in [0.3, 0.4) is 0 Å². The summed E-state index contributed by atoms with van der Waals surface area (Å²) in [7, 11) is 0. The first-order valence-electron chi connectivity index (χ1n) is 17.2. The van der Waals surface area contributed by atoms with Crippen LogP contribution in [0.25, 0.3) is 22.2 Å². The molecular formula is C41H45N3O6S. The number of hydrogen-bond donors (Lipinski definition) is 2. The number of fused-ring (bicyclic) bond motifs is 1. The van der Waals surface area contributed by atoms with E-state index in [-0.39, 0.29) is 30.0 Å². The molecule has 5 aromatic rings. The van der Waals surface area contributed by atoms with E-state index >= 15 is 0 Å². The van der Waals surface area contributed by atoms with Gasteiger partial charge in [-0.05, 0) is 79.1 Å². The Hall–Kier alpha value is -5.09. The minimum absolute atomic E-state index is 0.0890. The Morgan fingerprint density at radius 1 is 0.843 bits per heavy atom. The summed E-state index contributed by atoms with van der Waals surface area (Å²) in [5.41, 5.74) is 7.22. The largest absolute Gasteiger partial charge is 0.511 e. The van der Waals surface area contributed by atoms with Crippen molar-refractivity contribution in [3.05, 3.63) is 125 Å². The number of imidazole rings is 1. The predicted molar refractivity (Wildman–Crippen MR) is 202 cm³/mol. The number of esters is 1. The number of nitrogens with zero attached hydrogens (tertiary/aromatic N) is 2. The van der Waals surface area contributed by atoms with Crippen molar-refractivity contribution in [2.24, 2.45) is 5.92 Å². The van der Waals surface area contributed by atoms with Crippen LogP contribution >= 0.6 is 12.6 Å². The monoisotopic (exact) mass is 707 g/mol. The van der Waals surface area contributed by atoms with Gasteiger partial charge in [0, 0.05) is 24.3 Å². The zero-order chi connectivity index (χ0) is 36.7. The van der Waals surface area contributed by atoms with Gasteiger partial charge in [0.2, 0.25) is 6.29 Å². The topological polar surface area (TPSA) is 109 Å². The van der Waals surface area contributed by atoms with Gasteiger partial charge in [-0.15, -0.1) is 0 Å². The maximum atomic E-state index is 13.6. The van der Waals surface area contributed by atoms with Gasteiger partial charge in [0.25, 0.3) is 5.91 Å². The highest BCUT2D eigenvalue weighted by molar-refractivity contribution is 7.80. The quantitative estimate of drug-likeness (QED) is 0.0717. The molecule has 5 rings (SSSR count). The fourth-order valence-corrected chi connectivity index (χ4v) is 6.44. The molecule has 0 aliphatic carbocycles. The zero-order valence-electron chi connectivity index (χ0n) is 29.8. The Morgan fingerprint density at radius 3 is 2.20 bits per heavy atom. The lowest BCUT2D eigenvalue weighted by molar-refractivity contribution is -0.0866. The fourth-order valence-electron chi connectivity index (χ4n) is 6.22. The third kappa shape index (κ3) is 9.18. The second-order valence-corrected chi connectivity index (χ2v) is 13.6. The molecule has 1 N–H and O–H groups in total.